The average Bonchev–Trinajstić information content (AvgIpc) is 2.71. The van der Waals surface area contributed by atoms with Crippen molar-refractivity contribution >= 4 is 11.0 Å². The van der Waals surface area contributed by atoms with Crippen LogP contribution in [0.2, 0.25) is 0 Å². The van der Waals surface area contributed by atoms with Gasteiger partial charge in [0.25, 0.3) is 0 Å². The number of fused-ring (bicyclic) bond motifs is 3. The Morgan fingerprint density at radius 2 is 2.33 bits per heavy atom. The van der Waals surface area contributed by atoms with Crippen LogP contribution in [0.1, 0.15) is 17.7 Å². The molecule has 1 aliphatic carbocycles. The van der Waals surface area contributed by atoms with Crippen molar-refractivity contribution in [2.75, 3.05) is 0 Å². The molecule has 1 aliphatic rings. The summed E-state index contributed by atoms with van der Waals surface area (Å²) in [6, 6.07) is 2.04. The van der Waals surface area contributed by atoms with Crippen molar-refractivity contribution in [3.63, 3.8) is 0 Å². The Bertz CT molecular complexity index is 430. The zero-order chi connectivity index (χ0) is 7.97. The van der Waals surface area contributed by atoms with Crippen molar-refractivity contribution in [3.05, 3.63) is 29.8 Å². The van der Waals surface area contributed by atoms with E-state index in [1.165, 1.54) is 29.5 Å². The number of pyridine rings is 1. The highest BCUT2D eigenvalue weighted by Gasteiger charge is 2.15. The number of furan rings is 1. The Kier molecular flexibility index (Phi) is 1.09. The Balaban J connectivity index is 2.46. The topological polar surface area (TPSA) is 26.0 Å². The van der Waals surface area contributed by atoms with E-state index in [2.05, 4.69) is 4.98 Å². The first-order valence-corrected chi connectivity index (χ1v) is 4.29. The Hall–Kier alpha value is -1.31. The second-order valence-corrected chi connectivity index (χ2v) is 3.24. The monoisotopic (exact) mass is 159 g/mol. The maximum Gasteiger partial charge on any atom is 0.152 e. The van der Waals surface area contributed by atoms with E-state index < -0.39 is 0 Å². The molecule has 0 unspecified atom stereocenters. The smallest absolute Gasteiger partial charge is 0.152 e. The molecule has 2 heteroatoms. The van der Waals surface area contributed by atoms with Crippen LogP contribution in [-0.4, -0.2) is 4.98 Å². The number of rotatable bonds is 0. The predicted molar refractivity (Wildman–Crippen MR) is 46.0 cm³/mol. The van der Waals surface area contributed by atoms with E-state index in [0.717, 1.165) is 12.0 Å². The van der Waals surface area contributed by atoms with E-state index in [0.29, 0.717) is 0 Å². The fourth-order valence-electron chi connectivity index (χ4n) is 1.97. The average molecular weight is 159 g/mol. The molecule has 3 rings (SSSR count). The van der Waals surface area contributed by atoms with Crippen molar-refractivity contribution in [2.45, 2.75) is 19.3 Å². The molecule has 60 valence electrons. The van der Waals surface area contributed by atoms with Gasteiger partial charge in [-0.15, -0.1) is 0 Å². The number of aryl methyl sites for hydroxylation is 2. The fraction of sp³-hybridized carbons (Fsp3) is 0.300. The van der Waals surface area contributed by atoms with Crippen LogP contribution in [0.5, 0.6) is 0 Å². The van der Waals surface area contributed by atoms with E-state index >= 15 is 0 Å². The third-order valence-electron chi connectivity index (χ3n) is 2.55. The highest BCUT2D eigenvalue weighted by molar-refractivity contribution is 5.81. The van der Waals surface area contributed by atoms with Gasteiger partial charge in [0.1, 0.15) is 0 Å². The van der Waals surface area contributed by atoms with Crippen LogP contribution in [0.25, 0.3) is 11.0 Å². The van der Waals surface area contributed by atoms with Gasteiger partial charge < -0.3 is 4.42 Å². The number of hydrogen-bond donors (Lipinski definition) is 0. The normalized spacial score (nSPS) is 15.3. The molecule has 2 heterocycles. The first kappa shape index (κ1) is 6.23. The standard InChI is InChI=1S/C10H9NO/c1-2-7-8-4-5-12-10(8)6-11-9(7)3-1/h4-6H,1-3H2. The van der Waals surface area contributed by atoms with Crippen LogP contribution < -0.4 is 0 Å². The van der Waals surface area contributed by atoms with Gasteiger partial charge in [-0.25, -0.2) is 0 Å². The van der Waals surface area contributed by atoms with Gasteiger partial charge in [0.05, 0.1) is 12.5 Å². The number of hydrogen-bond acceptors (Lipinski definition) is 2. The SMILES string of the molecule is c1cc2c3c(ncc2o1)CCC3. The lowest BCUT2D eigenvalue weighted by molar-refractivity contribution is 0.614. The summed E-state index contributed by atoms with van der Waals surface area (Å²) in [5.41, 5.74) is 3.60. The van der Waals surface area contributed by atoms with Crippen molar-refractivity contribution in [2.24, 2.45) is 0 Å². The summed E-state index contributed by atoms with van der Waals surface area (Å²) < 4.78 is 5.28. The Morgan fingerprint density at radius 3 is 3.33 bits per heavy atom. The summed E-state index contributed by atoms with van der Waals surface area (Å²) in [7, 11) is 0. The quantitative estimate of drug-likeness (QED) is 0.589. The maximum atomic E-state index is 5.28. The molecule has 0 amide bonds. The molecule has 0 N–H and O–H groups in total. The van der Waals surface area contributed by atoms with Crippen LogP contribution >= 0.6 is 0 Å². The summed E-state index contributed by atoms with van der Waals surface area (Å²) >= 11 is 0. The second-order valence-electron chi connectivity index (χ2n) is 3.24. The summed E-state index contributed by atoms with van der Waals surface area (Å²) in [6.07, 6.45) is 7.12. The minimum absolute atomic E-state index is 0.927. The van der Waals surface area contributed by atoms with E-state index in [1.807, 2.05) is 12.3 Å². The van der Waals surface area contributed by atoms with Crippen LogP contribution in [-0.2, 0) is 12.8 Å². The summed E-state index contributed by atoms with van der Waals surface area (Å²) in [6.45, 7) is 0. The summed E-state index contributed by atoms with van der Waals surface area (Å²) in [5.74, 6) is 0. The number of aromatic nitrogens is 1. The first-order valence-electron chi connectivity index (χ1n) is 4.29. The van der Waals surface area contributed by atoms with Crippen molar-refractivity contribution in [3.8, 4) is 0 Å². The summed E-state index contributed by atoms with van der Waals surface area (Å²) in [4.78, 5) is 4.37. The molecule has 0 saturated heterocycles. The molecule has 2 aromatic heterocycles. The lowest BCUT2D eigenvalue weighted by Gasteiger charge is -1.97. The summed E-state index contributed by atoms with van der Waals surface area (Å²) in [5, 5.41) is 1.26. The minimum atomic E-state index is 0.927. The molecule has 0 radical (unpaired) electrons. The second kappa shape index (κ2) is 2.09. The molecule has 12 heavy (non-hydrogen) atoms. The maximum absolute atomic E-state index is 5.28. The number of nitrogens with zero attached hydrogens (tertiary/aromatic N) is 1. The zero-order valence-corrected chi connectivity index (χ0v) is 6.71. The molecule has 2 aromatic rings. The predicted octanol–water partition coefficient (Wildman–Crippen LogP) is 2.32. The van der Waals surface area contributed by atoms with Crippen molar-refractivity contribution in [1.29, 1.82) is 0 Å². The molecule has 0 saturated carbocycles. The van der Waals surface area contributed by atoms with Gasteiger partial charge in [-0.2, -0.15) is 0 Å². The van der Waals surface area contributed by atoms with Gasteiger partial charge >= 0.3 is 0 Å². The lowest BCUT2D eigenvalue weighted by atomic mass is 10.1. The van der Waals surface area contributed by atoms with Crippen molar-refractivity contribution < 1.29 is 4.42 Å². The molecular formula is C10H9NO. The molecule has 0 fully saturated rings. The van der Waals surface area contributed by atoms with Crippen LogP contribution in [0.4, 0.5) is 0 Å². The van der Waals surface area contributed by atoms with Crippen LogP contribution in [0.3, 0.4) is 0 Å². The van der Waals surface area contributed by atoms with Crippen LogP contribution in [0, 0.1) is 0 Å². The molecule has 0 spiro atoms. The van der Waals surface area contributed by atoms with E-state index in [1.54, 1.807) is 6.26 Å². The third kappa shape index (κ3) is 0.670. The van der Waals surface area contributed by atoms with E-state index in [-0.39, 0.29) is 0 Å². The highest BCUT2D eigenvalue weighted by atomic mass is 16.3. The molecule has 0 aliphatic heterocycles. The largest absolute Gasteiger partial charge is 0.463 e. The molecule has 0 bridgehead atoms. The van der Waals surface area contributed by atoms with Gasteiger partial charge in [-0.1, -0.05) is 0 Å². The van der Waals surface area contributed by atoms with Gasteiger partial charge in [0.15, 0.2) is 5.58 Å². The lowest BCUT2D eigenvalue weighted by Crippen LogP contribution is -1.86. The van der Waals surface area contributed by atoms with E-state index in [9.17, 15) is 0 Å². The first-order chi connectivity index (χ1) is 5.95. The minimum Gasteiger partial charge on any atom is -0.463 e. The van der Waals surface area contributed by atoms with Crippen molar-refractivity contribution in [1.82, 2.24) is 4.98 Å². The Labute approximate surface area is 70.2 Å². The molecule has 0 atom stereocenters. The van der Waals surface area contributed by atoms with Crippen LogP contribution in [0.15, 0.2) is 22.9 Å². The fourth-order valence-corrected chi connectivity index (χ4v) is 1.97. The van der Waals surface area contributed by atoms with Gasteiger partial charge in [0, 0.05) is 11.1 Å². The molecule has 0 aromatic carbocycles. The van der Waals surface area contributed by atoms with Gasteiger partial charge in [-0.3, -0.25) is 4.98 Å². The highest BCUT2D eigenvalue weighted by Crippen LogP contribution is 2.28. The zero-order valence-electron chi connectivity index (χ0n) is 6.71. The third-order valence-corrected chi connectivity index (χ3v) is 2.55. The Morgan fingerprint density at radius 1 is 1.33 bits per heavy atom. The molecule has 2 nitrogen and oxygen atoms in total. The molecular weight excluding hydrogens is 150 g/mol. The van der Waals surface area contributed by atoms with Gasteiger partial charge in [0.2, 0.25) is 0 Å². The van der Waals surface area contributed by atoms with Gasteiger partial charge in [-0.05, 0) is 30.9 Å². The van der Waals surface area contributed by atoms with E-state index in [4.69, 9.17) is 4.42 Å².